The van der Waals surface area contributed by atoms with Gasteiger partial charge in [0.25, 0.3) is 5.91 Å². The van der Waals surface area contributed by atoms with Gasteiger partial charge in [0.15, 0.2) is 0 Å². The van der Waals surface area contributed by atoms with E-state index in [1.54, 1.807) is 29.2 Å². The molecule has 0 radical (unpaired) electrons. The Bertz CT molecular complexity index is 1030. The molecule has 1 saturated heterocycles. The second-order valence-corrected chi connectivity index (χ2v) is 9.88. The van der Waals surface area contributed by atoms with Crippen LogP contribution in [0.15, 0.2) is 84.9 Å². The standard InChI is InChI=1S/C23H19Cl3N2OS/c1-27(19-10-6-3-7-11-19)23(30-16-17-8-4-2-5-9-17)22(25,26)21(29)28(23)20-14-12-18(24)13-15-20/h2-15H,16H2,1H3. The number of β-lactam (4-membered cyclic amide) rings is 1. The van der Waals surface area contributed by atoms with Crippen molar-refractivity contribution in [2.75, 3.05) is 16.8 Å². The molecule has 0 spiro atoms. The van der Waals surface area contributed by atoms with Gasteiger partial charge < -0.3 is 4.90 Å². The predicted molar refractivity (Wildman–Crippen MR) is 129 cm³/mol. The maximum atomic E-state index is 13.1. The van der Waals surface area contributed by atoms with Crippen molar-refractivity contribution in [2.45, 2.75) is 15.1 Å². The average Bonchev–Trinajstić information content (AvgIpc) is 2.78. The van der Waals surface area contributed by atoms with Gasteiger partial charge >= 0.3 is 0 Å². The van der Waals surface area contributed by atoms with Crippen LogP contribution in [0.2, 0.25) is 5.02 Å². The van der Waals surface area contributed by atoms with Gasteiger partial charge in [-0.25, -0.2) is 0 Å². The van der Waals surface area contributed by atoms with Gasteiger partial charge in [-0.1, -0.05) is 83.3 Å². The smallest absolute Gasteiger partial charge is 0.271 e. The maximum absolute atomic E-state index is 13.1. The lowest BCUT2D eigenvalue weighted by molar-refractivity contribution is -0.126. The summed E-state index contributed by atoms with van der Waals surface area (Å²) in [6, 6.07) is 26.9. The van der Waals surface area contributed by atoms with Gasteiger partial charge in [0.1, 0.15) is 0 Å². The molecule has 0 saturated carbocycles. The zero-order valence-corrected chi connectivity index (χ0v) is 19.2. The molecule has 1 heterocycles. The molecular formula is C23H19Cl3N2OS. The molecule has 3 aromatic rings. The normalized spacial score (nSPS) is 20.0. The van der Waals surface area contributed by atoms with Crippen molar-refractivity contribution in [3.63, 3.8) is 0 Å². The first-order chi connectivity index (χ1) is 14.4. The molecule has 1 unspecified atom stereocenters. The first kappa shape index (κ1) is 21.4. The summed E-state index contributed by atoms with van der Waals surface area (Å²) in [4.78, 5) is 15.7. The van der Waals surface area contributed by atoms with Crippen LogP contribution in [0.25, 0.3) is 0 Å². The van der Waals surface area contributed by atoms with Gasteiger partial charge in [-0.3, -0.25) is 9.69 Å². The molecule has 3 nitrogen and oxygen atoms in total. The molecule has 0 aromatic heterocycles. The molecule has 7 heteroatoms. The lowest BCUT2D eigenvalue weighted by Gasteiger charge is -2.62. The summed E-state index contributed by atoms with van der Waals surface area (Å²) in [5.74, 6) is 0.257. The van der Waals surface area contributed by atoms with Crippen molar-refractivity contribution in [1.82, 2.24) is 0 Å². The van der Waals surface area contributed by atoms with Crippen LogP contribution in [0.5, 0.6) is 0 Å². The van der Waals surface area contributed by atoms with Crippen LogP contribution in [-0.2, 0) is 10.5 Å². The molecule has 0 aliphatic carbocycles. The first-order valence-electron chi connectivity index (χ1n) is 9.33. The average molecular weight is 478 g/mol. The number of carbonyl (C=O) groups is 1. The predicted octanol–water partition coefficient (Wildman–Crippen LogP) is 6.58. The van der Waals surface area contributed by atoms with Crippen LogP contribution in [0.1, 0.15) is 5.56 Å². The SMILES string of the molecule is CN(c1ccccc1)C1(SCc2ccccc2)N(c2ccc(Cl)cc2)C(=O)C1(Cl)Cl. The third kappa shape index (κ3) is 3.46. The number of anilines is 2. The number of thioether (sulfide) groups is 1. The highest BCUT2D eigenvalue weighted by molar-refractivity contribution is 8.00. The van der Waals surface area contributed by atoms with Gasteiger partial charge in [0.05, 0.1) is 0 Å². The number of rotatable bonds is 6. The third-order valence-electron chi connectivity index (χ3n) is 5.15. The molecule has 30 heavy (non-hydrogen) atoms. The Morgan fingerprint density at radius 1 is 0.900 bits per heavy atom. The molecule has 0 N–H and O–H groups in total. The fraction of sp³-hybridized carbons (Fsp3) is 0.174. The minimum absolute atomic E-state index is 0.364. The zero-order chi connectivity index (χ0) is 21.4. The Kier molecular flexibility index (Phi) is 5.95. The van der Waals surface area contributed by atoms with E-state index < -0.39 is 9.33 Å². The topological polar surface area (TPSA) is 23.6 Å². The number of carbonyl (C=O) groups excluding carboxylic acids is 1. The quantitative estimate of drug-likeness (QED) is 0.227. The monoisotopic (exact) mass is 476 g/mol. The van der Waals surface area contributed by atoms with Crippen molar-refractivity contribution < 1.29 is 4.79 Å². The molecule has 3 aromatic carbocycles. The number of alkyl halides is 2. The number of hydrogen-bond acceptors (Lipinski definition) is 3. The fourth-order valence-electron chi connectivity index (χ4n) is 3.58. The van der Waals surface area contributed by atoms with Gasteiger partial charge in [-0.2, -0.15) is 0 Å². The lowest BCUT2D eigenvalue weighted by Crippen LogP contribution is -2.82. The van der Waals surface area contributed by atoms with Gasteiger partial charge in [-0.05, 0) is 42.0 Å². The highest BCUT2D eigenvalue weighted by Crippen LogP contribution is 2.60. The summed E-state index contributed by atoms with van der Waals surface area (Å²) < 4.78 is -1.64. The largest absolute Gasteiger partial charge is 0.340 e. The van der Waals surface area contributed by atoms with E-state index in [0.29, 0.717) is 16.5 Å². The minimum atomic E-state index is -1.64. The molecule has 0 bridgehead atoms. The number of hydrogen-bond donors (Lipinski definition) is 0. The van der Waals surface area contributed by atoms with E-state index >= 15 is 0 Å². The van der Waals surface area contributed by atoms with E-state index in [-0.39, 0.29) is 5.91 Å². The van der Waals surface area contributed by atoms with Crippen LogP contribution in [-0.4, -0.2) is 22.3 Å². The molecule has 1 fully saturated rings. The lowest BCUT2D eigenvalue weighted by atomic mass is 10.0. The Labute approximate surface area is 195 Å². The zero-order valence-electron chi connectivity index (χ0n) is 16.1. The molecular weight excluding hydrogens is 459 g/mol. The van der Waals surface area contributed by atoms with Gasteiger partial charge in [0, 0.05) is 29.2 Å². The number of para-hydroxylation sites is 1. The summed E-state index contributed by atoms with van der Waals surface area (Å²) in [7, 11) is 1.90. The van der Waals surface area contributed by atoms with E-state index in [2.05, 4.69) is 0 Å². The van der Waals surface area contributed by atoms with E-state index in [1.807, 2.05) is 72.6 Å². The number of benzene rings is 3. The molecule has 1 aliphatic heterocycles. The summed E-state index contributed by atoms with van der Waals surface area (Å²) >= 11 is 21.1. The Hall–Kier alpha value is -1.85. The second kappa shape index (κ2) is 8.35. The van der Waals surface area contributed by atoms with Gasteiger partial charge in [0.2, 0.25) is 9.33 Å². The van der Waals surface area contributed by atoms with E-state index in [0.717, 1.165) is 11.3 Å². The highest BCUT2D eigenvalue weighted by atomic mass is 35.5. The Morgan fingerprint density at radius 3 is 2.07 bits per heavy atom. The first-order valence-corrected chi connectivity index (χ1v) is 11.4. The number of halogens is 3. The summed E-state index contributed by atoms with van der Waals surface area (Å²) in [5, 5.41) is 0.591. The van der Waals surface area contributed by atoms with Crippen LogP contribution >= 0.6 is 46.6 Å². The van der Waals surface area contributed by atoms with Crippen LogP contribution in [0.4, 0.5) is 11.4 Å². The maximum Gasteiger partial charge on any atom is 0.271 e. The molecule has 4 rings (SSSR count). The highest BCUT2D eigenvalue weighted by Gasteiger charge is 2.74. The van der Waals surface area contributed by atoms with Crippen LogP contribution < -0.4 is 9.80 Å². The van der Waals surface area contributed by atoms with E-state index in [1.165, 1.54) is 11.8 Å². The molecule has 154 valence electrons. The van der Waals surface area contributed by atoms with E-state index in [9.17, 15) is 4.79 Å². The molecule has 1 aliphatic rings. The van der Waals surface area contributed by atoms with Crippen molar-refractivity contribution in [1.29, 1.82) is 0 Å². The van der Waals surface area contributed by atoms with Crippen LogP contribution in [0.3, 0.4) is 0 Å². The Balaban J connectivity index is 1.81. The van der Waals surface area contributed by atoms with Crippen molar-refractivity contribution in [3.8, 4) is 0 Å². The van der Waals surface area contributed by atoms with Crippen molar-refractivity contribution in [2.24, 2.45) is 0 Å². The summed E-state index contributed by atoms with van der Waals surface area (Å²) in [5.41, 5.74) is 2.70. The fourth-order valence-corrected chi connectivity index (χ4v) is 6.08. The Morgan fingerprint density at radius 2 is 1.47 bits per heavy atom. The number of nitrogens with zero attached hydrogens (tertiary/aromatic N) is 2. The summed E-state index contributed by atoms with van der Waals surface area (Å²) in [6.45, 7) is 0. The van der Waals surface area contributed by atoms with Crippen LogP contribution in [0, 0.1) is 0 Å². The van der Waals surface area contributed by atoms with Gasteiger partial charge in [-0.15, -0.1) is 11.8 Å². The minimum Gasteiger partial charge on any atom is -0.340 e. The second-order valence-electron chi connectivity index (χ2n) is 6.97. The molecule has 1 amide bonds. The van der Waals surface area contributed by atoms with Crippen molar-refractivity contribution in [3.05, 3.63) is 95.5 Å². The summed E-state index contributed by atoms with van der Waals surface area (Å²) in [6.07, 6.45) is 0. The molecule has 1 atom stereocenters. The number of amides is 1. The van der Waals surface area contributed by atoms with E-state index in [4.69, 9.17) is 34.8 Å². The van der Waals surface area contributed by atoms with Crippen molar-refractivity contribution >= 4 is 63.8 Å². The third-order valence-corrected chi connectivity index (χ3v) is 8.12.